The van der Waals surface area contributed by atoms with Crippen LogP contribution in [0.5, 0.6) is 5.75 Å². The van der Waals surface area contributed by atoms with Crippen LogP contribution in [-0.4, -0.2) is 12.6 Å². The van der Waals surface area contributed by atoms with Crippen LogP contribution in [0, 0.1) is 11.3 Å². The predicted octanol–water partition coefficient (Wildman–Crippen LogP) is 3.41. The van der Waals surface area contributed by atoms with E-state index in [0.29, 0.717) is 5.56 Å². The van der Waals surface area contributed by atoms with Gasteiger partial charge in [-0.2, -0.15) is 5.26 Å². The first-order valence-corrected chi connectivity index (χ1v) is 7.69. The van der Waals surface area contributed by atoms with Crippen LogP contribution in [0.15, 0.2) is 46.9 Å². The van der Waals surface area contributed by atoms with Gasteiger partial charge in [-0.25, -0.2) is 0 Å². The van der Waals surface area contributed by atoms with Gasteiger partial charge in [0.15, 0.2) is 0 Å². The first kappa shape index (κ1) is 14.1. The zero-order chi connectivity index (χ0) is 14.7. The van der Waals surface area contributed by atoms with E-state index >= 15 is 0 Å². The first-order chi connectivity index (χ1) is 10.2. The number of hydrogen-bond donors (Lipinski definition) is 1. The van der Waals surface area contributed by atoms with E-state index in [1.54, 1.807) is 0 Å². The van der Waals surface area contributed by atoms with E-state index < -0.39 is 0 Å². The second kappa shape index (κ2) is 6.30. The van der Waals surface area contributed by atoms with Crippen molar-refractivity contribution in [3.05, 3.63) is 63.6 Å². The molecule has 0 amide bonds. The molecule has 1 N–H and O–H groups in total. The molecule has 0 spiro atoms. The lowest BCUT2D eigenvalue weighted by Crippen LogP contribution is -2.29. The summed E-state index contributed by atoms with van der Waals surface area (Å²) in [6, 6.07) is 16.0. The molecule has 1 atom stereocenters. The SMILES string of the molecule is N#Cc1cccc(CNCC2Cc3cc(Br)ccc3O2)c1. The van der Waals surface area contributed by atoms with Crippen LogP contribution >= 0.6 is 15.9 Å². The Labute approximate surface area is 132 Å². The van der Waals surface area contributed by atoms with Crippen LogP contribution in [0.2, 0.25) is 0 Å². The van der Waals surface area contributed by atoms with E-state index in [9.17, 15) is 0 Å². The fraction of sp³-hybridized carbons (Fsp3) is 0.235. The number of ether oxygens (including phenoxy) is 1. The van der Waals surface area contributed by atoms with Crippen molar-refractivity contribution in [2.45, 2.75) is 19.1 Å². The Morgan fingerprint density at radius 3 is 3.05 bits per heavy atom. The van der Waals surface area contributed by atoms with Gasteiger partial charge in [0.25, 0.3) is 0 Å². The Morgan fingerprint density at radius 2 is 2.19 bits per heavy atom. The highest BCUT2D eigenvalue weighted by Gasteiger charge is 2.22. The Kier molecular flexibility index (Phi) is 4.23. The molecule has 1 heterocycles. The van der Waals surface area contributed by atoms with E-state index in [1.165, 1.54) is 5.56 Å². The van der Waals surface area contributed by atoms with Crippen molar-refractivity contribution in [2.75, 3.05) is 6.54 Å². The quantitative estimate of drug-likeness (QED) is 0.925. The maximum atomic E-state index is 8.89. The van der Waals surface area contributed by atoms with Gasteiger partial charge in [0, 0.05) is 24.0 Å². The summed E-state index contributed by atoms with van der Waals surface area (Å²) in [5, 5.41) is 12.3. The first-order valence-electron chi connectivity index (χ1n) is 6.89. The van der Waals surface area contributed by atoms with Crippen molar-refractivity contribution in [1.82, 2.24) is 5.32 Å². The molecular weight excluding hydrogens is 328 g/mol. The molecule has 2 aromatic rings. The molecule has 0 fully saturated rings. The van der Waals surface area contributed by atoms with Crippen molar-refractivity contribution < 1.29 is 4.74 Å². The van der Waals surface area contributed by atoms with E-state index in [2.05, 4.69) is 33.4 Å². The molecule has 0 radical (unpaired) electrons. The summed E-state index contributed by atoms with van der Waals surface area (Å²) in [6.45, 7) is 1.54. The summed E-state index contributed by atoms with van der Waals surface area (Å²) < 4.78 is 7.00. The van der Waals surface area contributed by atoms with Gasteiger partial charge < -0.3 is 10.1 Å². The summed E-state index contributed by atoms with van der Waals surface area (Å²) in [4.78, 5) is 0. The Bertz CT molecular complexity index is 693. The molecule has 106 valence electrons. The van der Waals surface area contributed by atoms with Crippen molar-refractivity contribution >= 4 is 15.9 Å². The molecule has 1 unspecified atom stereocenters. The summed E-state index contributed by atoms with van der Waals surface area (Å²) in [5.41, 5.74) is 3.07. The highest BCUT2D eigenvalue weighted by Crippen LogP contribution is 2.30. The van der Waals surface area contributed by atoms with Crippen molar-refractivity contribution in [1.29, 1.82) is 5.26 Å². The molecule has 4 heteroatoms. The number of halogens is 1. The van der Waals surface area contributed by atoms with E-state index in [0.717, 1.165) is 35.3 Å². The minimum absolute atomic E-state index is 0.174. The Balaban J connectivity index is 1.52. The number of rotatable bonds is 4. The van der Waals surface area contributed by atoms with Crippen LogP contribution in [-0.2, 0) is 13.0 Å². The second-order valence-corrected chi connectivity index (χ2v) is 6.05. The average Bonchev–Trinajstić information content (AvgIpc) is 2.89. The lowest BCUT2D eigenvalue weighted by Gasteiger charge is -2.12. The molecule has 0 aromatic heterocycles. The van der Waals surface area contributed by atoms with E-state index in [-0.39, 0.29) is 6.10 Å². The molecular formula is C17H15BrN2O. The van der Waals surface area contributed by atoms with Gasteiger partial charge in [0.2, 0.25) is 0 Å². The number of nitrogens with zero attached hydrogens (tertiary/aromatic N) is 1. The minimum atomic E-state index is 0.174. The third-order valence-corrected chi connectivity index (χ3v) is 4.01. The standard InChI is InChI=1S/C17H15BrN2O/c18-15-4-5-17-14(7-15)8-16(21-17)11-20-10-13-3-1-2-12(6-13)9-19/h1-7,16,20H,8,10-11H2. The normalized spacial score (nSPS) is 16.1. The van der Waals surface area contributed by atoms with Crippen LogP contribution in [0.1, 0.15) is 16.7 Å². The fourth-order valence-corrected chi connectivity index (χ4v) is 2.94. The van der Waals surface area contributed by atoms with Gasteiger partial charge in [0.1, 0.15) is 11.9 Å². The minimum Gasteiger partial charge on any atom is -0.488 e. The molecule has 3 rings (SSSR count). The largest absolute Gasteiger partial charge is 0.488 e. The molecule has 1 aliphatic rings. The van der Waals surface area contributed by atoms with E-state index in [4.69, 9.17) is 10.00 Å². The average molecular weight is 343 g/mol. The van der Waals surface area contributed by atoms with Crippen LogP contribution in [0.25, 0.3) is 0 Å². The zero-order valence-corrected chi connectivity index (χ0v) is 13.1. The summed E-state index contributed by atoms with van der Waals surface area (Å²) >= 11 is 3.48. The summed E-state index contributed by atoms with van der Waals surface area (Å²) in [7, 11) is 0. The van der Waals surface area contributed by atoms with Gasteiger partial charge >= 0.3 is 0 Å². The second-order valence-electron chi connectivity index (χ2n) is 5.14. The molecule has 0 aliphatic carbocycles. The number of fused-ring (bicyclic) bond motifs is 1. The van der Waals surface area contributed by atoms with E-state index in [1.807, 2.05) is 36.4 Å². The third kappa shape index (κ3) is 3.44. The number of nitriles is 1. The number of nitrogens with one attached hydrogen (secondary N) is 1. The summed E-state index contributed by atoms with van der Waals surface area (Å²) in [5.74, 6) is 0.983. The zero-order valence-electron chi connectivity index (χ0n) is 11.5. The highest BCUT2D eigenvalue weighted by molar-refractivity contribution is 9.10. The lowest BCUT2D eigenvalue weighted by molar-refractivity contribution is 0.227. The molecule has 0 saturated carbocycles. The third-order valence-electron chi connectivity index (χ3n) is 3.52. The van der Waals surface area contributed by atoms with Gasteiger partial charge in [-0.05, 0) is 41.5 Å². The molecule has 1 aliphatic heterocycles. The van der Waals surface area contributed by atoms with Crippen LogP contribution < -0.4 is 10.1 Å². The number of hydrogen-bond acceptors (Lipinski definition) is 3. The lowest BCUT2D eigenvalue weighted by atomic mass is 10.1. The van der Waals surface area contributed by atoms with Crippen LogP contribution in [0.4, 0.5) is 0 Å². The predicted molar refractivity (Wildman–Crippen MR) is 85.1 cm³/mol. The monoisotopic (exact) mass is 342 g/mol. The smallest absolute Gasteiger partial charge is 0.123 e. The molecule has 0 saturated heterocycles. The Hall–Kier alpha value is -1.83. The molecule has 2 aromatic carbocycles. The highest BCUT2D eigenvalue weighted by atomic mass is 79.9. The van der Waals surface area contributed by atoms with Gasteiger partial charge in [-0.1, -0.05) is 28.1 Å². The van der Waals surface area contributed by atoms with Crippen LogP contribution in [0.3, 0.4) is 0 Å². The molecule has 21 heavy (non-hydrogen) atoms. The van der Waals surface area contributed by atoms with Crippen molar-refractivity contribution in [2.24, 2.45) is 0 Å². The van der Waals surface area contributed by atoms with Crippen molar-refractivity contribution in [3.8, 4) is 11.8 Å². The fourth-order valence-electron chi connectivity index (χ4n) is 2.53. The van der Waals surface area contributed by atoms with Gasteiger partial charge in [0.05, 0.1) is 11.6 Å². The maximum absolute atomic E-state index is 8.89. The van der Waals surface area contributed by atoms with Crippen molar-refractivity contribution in [3.63, 3.8) is 0 Å². The topological polar surface area (TPSA) is 45.0 Å². The molecule has 0 bridgehead atoms. The maximum Gasteiger partial charge on any atom is 0.123 e. The number of benzene rings is 2. The van der Waals surface area contributed by atoms with Gasteiger partial charge in [-0.3, -0.25) is 0 Å². The molecule has 3 nitrogen and oxygen atoms in total. The summed E-state index contributed by atoms with van der Waals surface area (Å²) in [6.07, 6.45) is 1.11. The Morgan fingerprint density at radius 1 is 1.29 bits per heavy atom. The van der Waals surface area contributed by atoms with Gasteiger partial charge in [-0.15, -0.1) is 0 Å².